The van der Waals surface area contributed by atoms with Crippen molar-refractivity contribution in [2.24, 2.45) is 0 Å². The van der Waals surface area contributed by atoms with Crippen molar-refractivity contribution in [1.29, 1.82) is 0 Å². The Kier molecular flexibility index (Phi) is 3.96. The van der Waals surface area contributed by atoms with Gasteiger partial charge in [-0.3, -0.25) is 4.90 Å². The molecule has 0 unspecified atom stereocenters. The number of nitrogens with one attached hydrogen (secondary N) is 1. The van der Waals surface area contributed by atoms with Crippen molar-refractivity contribution < 1.29 is 0 Å². The van der Waals surface area contributed by atoms with Crippen molar-refractivity contribution in [3.8, 4) is 0 Å². The molecule has 0 amide bonds. The van der Waals surface area contributed by atoms with E-state index < -0.39 is 0 Å². The van der Waals surface area contributed by atoms with Crippen LogP contribution in [0, 0.1) is 0 Å². The van der Waals surface area contributed by atoms with E-state index in [1.54, 1.807) is 5.56 Å². The predicted octanol–water partition coefficient (Wildman–Crippen LogP) is 2.71. The van der Waals surface area contributed by atoms with E-state index in [2.05, 4.69) is 28.4 Å². The highest BCUT2D eigenvalue weighted by atomic mass is 15.1. The molecule has 2 nitrogen and oxygen atoms in total. The summed E-state index contributed by atoms with van der Waals surface area (Å²) in [5, 5.41) is 3.47. The number of hydrogen-bond donors (Lipinski definition) is 1. The highest BCUT2D eigenvalue weighted by Gasteiger charge is 2.12. The Bertz CT molecular complexity index is 392. The topological polar surface area (TPSA) is 15.3 Å². The molecule has 0 spiro atoms. The van der Waals surface area contributed by atoms with Crippen molar-refractivity contribution in [2.45, 2.75) is 45.2 Å². The van der Waals surface area contributed by atoms with E-state index in [9.17, 15) is 0 Å². The number of nitrogens with zero attached hydrogens (tertiary/aromatic N) is 1. The molecule has 0 bridgehead atoms. The van der Waals surface area contributed by atoms with Crippen LogP contribution in [0.3, 0.4) is 0 Å². The first-order valence-electron chi connectivity index (χ1n) is 7.45. The van der Waals surface area contributed by atoms with Crippen LogP contribution in [0.25, 0.3) is 0 Å². The SMILES string of the molecule is c1cc2c(cc1CN1CCCCCC1)CNCC2. The van der Waals surface area contributed by atoms with Crippen molar-refractivity contribution in [3.63, 3.8) is 0 Å². The molecule has 1 N–H and O–H groups in total. The Morgan fingerprint density at radius 2 is 1.83 bits per heavy atom. The molecule has 1 aromatic carbocycles. The number of hydrogen-bond acceptors (Lipinski definition) is 2. The van der Waals surface area contributed by atoms with Gasteiger partial charge < -0.3 is 5.32 Å². The predicted molar refractivity (Wildman–Crippen MR) is 75.6 cm³/mol. The summed E-state index contributed by atoms with van der Waals surface area (Å²) in [5.41, 5.74) is 4.57. The fourth-order valence-corrected chi connectivity index (χ4v) is 3.18. The molecule has 3 rings (SSSR count). The van der Waals surface area contributed by atoms with Gasteiger partial charge in [-0.05, 0) is 55.6 Å². The molecule has 0 atom stereocenters. The van der Waals surface area contributed by atoms with Crippen LogP contribution in [0.15, 0.2) is 18.2 Å². The Hall–Kier alpha value is -0.860. The molecule has 1 aromatic rings. The molecule has 0 aliphatic carbocycles. The van der Waals surface area contributed by atoms with Crippen molar-refractivity contribution in [1.82, 2.24) is 10.2 Å². The highest BCUT2D eigenvalue weighted by molar-refractivity contribution is 5.33. The van der Waals surface area contributed by atoms with E-state index in [-0.39, 0.29) is 0 Å². The zero-order valence-corrected chi connectivity index (χ0v) is 11.3. The summed E-state index contributed by atoms with van der Waals surface area (Å²) >= 11 is 0. The van der Waals surface area contributed by atoms with Gasteiger partial charge in [0.25, 0.3) is 0 Å². The minimum atomic E-state index is 1.06. The van der Waals surface area contributed by atoms with E-state index in [1.165, 1.54) is 56.3 Å². The first-order chi connectivity index (χ1) is 8.92. The van der Waals surface area contributed by atoms with Crippen LogP contribution in [0.2, 0.25) is 0 Å². The van der Waals surface area contributed by atoms with Gasteiger partial charge in [0.1, 0.15) is 0 Å². The largest absolute Gasteiger partial charge is 0.312 e. The number of rotatable bonds is 2. The van der Waals surface area contributed by atoms with E-state index in [1.807, 2.05) is 0 Å². The molecule has 2 aliphatic heterocycles. The maximum Gasteiger partial charge on any atom is 0.0233 e. The van der Waals surface area contributed by atoms with Gasteiger partial charge in [-0.25, -0.2) is 0 Å². The molecule has 1 fully saturated rings. The fourth-order valence-electron chi connectivity index (χ4n) is 3.18. The summed E-state index contributed by atoms with van der Waals surface area (Å²) in [6.07, 6.45) is 6.80. The van der Waals surface area contributed by atoms with Crippen LogP contribution in [0.4, 0.5) is 0 Å². The van der Waals surface area contributed by atoms with Gasteiger partial charge in [0.2, 0.25) is 0 Å². The van der Waals surface area contributed by atoms with Gasteiger partial charge in [-0.15, -0.1) is 0 Å². The van der Waals surface area contributed by atoms with Gasteiger partial charge in [-0.2, -0.15) is 0 Å². The number of benzene rings is 1. The first kappa shape index (κ1) is 12.2. The molecule has 98 valence electrons. The van der Waals surface area contributed by atoms with Crippen molar-refractivity contribution >= 4 is 0 Å². The van der Waals surface area contributed by atoms with Crippen molar-refractivity contribution in [2.75, 3.05) is 19.6 Å². The fraction of sp³-hybridized carbons (Fsp3) is 0.625. The molecule has 1 saturated heterocycles. The lowest BCUT2D eigenvalue weighted by Gasteiger charge is -2.22. The van der Waals surface area contributed by atoms with E-state index in [4.69, 9.17) is 0 Å². The standard InChI is InChI=1S/C16H24N2/c1-2-4-10-18(9-3-1)13-14-5-6-15-7-8-17-12-16(15)11-14/h5-6,11,17H,1-4,7-10,12-13H2. The minimum Gasteiger partial charge on any atom is -0.312 e. The third-order valence-electron chi connectivity index (χ3n) is 4.26. The highest BCUT2D eigenvalue weighted by Crippen LogP contribution is 2.18. The average molecular weight is 244 g/mol. The molecule has 0 aromatic heterocycles. The Labute approximate surface area is 110 Å². The normalized spacial score (nSPS) is 21.3. The summed E-state index contributed by atoms with van der Waals surface area (Å²) < 4.78 is 0. The van der Waals surface area contributed by atoms with E-state index in [0.29, 0.717) is 0 Å². The lowest BCUT2D eigenvalue weighted by Crippen LogP contribution is -2.26. The van der Waals surface area contributed by atoms with Crippen LogP contribution >= 0.6 is 0 Å². The molecule has 0 saturated carbocycles. The molecule has 0 radical (unpaired) electrons. The van der Waals surface area contributed by atoms with Crippen LogP contribution in [-0.2, 0) is 19.5 Å². The first-order valence-corrected chi connectivity index (χ1v) is 7.45. The summed E-state index contributed by atoms with van der Waals surface area (Å²) in [6.45, 7) is 5.92. The quantitative estimate of drug-likeness (QED) is 0.860. The maximum atomic E-state index is 3.47. The van der Waals surface area contributed by atoms with Crippen LogP contribution in [0.5, 0.6) is 0 Å². The monoisotopic (exact) mass is 244 g/mol. The van der Waals surface area contributed by atoms with Gasteiger partial charge in [0.15, 0.2) is 0 Å². The van der Waals surface area contributed by atoms with E-state index >= 15 is 0 Å². The van der Waals surface area contributed by atoms with Gasteiger partial charge >= 0.3 is 0 Å². The van der Waals surface area contributed by atoms with E-state index in [0.717, 1.165) is 19.6 Å². The maximum absolute atomic E-state index is 3.47. The van der Waals surface area contributed by atoms with Crippen molar-refractivity contribution in [3.05, 3.63) is 34.9 Å². The molecular weight excluding hydrogens is 220 g/mol. The molecule has 2 aliphatic rings. The molecule has 2 heteroatoms. The Balaban J connectivity index is 1.68. The molecular formula is C16H24N2. The molecule has 2 heterocycles. The second kappa shape index (κ2) is 5.85. The third-order valence-corrected chi connectivity index (χ3v) is 4.26. The van der Waals surface area contributed by atoms with Crippen LogP contribution in [-0.4, -0.2) is 24.5 Å². The second-order valence-corrected chi connectivity index (χ2v) is 5.72. The summed E-state index contributed by atoms with van der Waals surface area (Å²) in [7, 11) is 0. The number of fused-ring (bicyclic) bond motifs is 1. The smallest absolute Gasteiger partial charge is 0.0233 e. The van der Waals surface area contributed by atoms with Gasteiger partial charge in [0.05, 0.1) is 0 Å². The van der Waals surface area contributed by atoms with Gasteiger partial charge in [-0.1, -0.05) is 31.0 Å². The Morgan fingerprint density at radius 3 is 2.67 bits per heavy atom. The zero-order chi connectivity index (χ0) is 12.2. The number of likely N-dealkylation sites (tertiary alicyclic amines) is 1. The average Bonchev–Trinajstić information content (AvgIpc) is 2.67. The summed E-state index contributed by atoms with van der Waals surface area (Å²) in [6, 6.07) is 7.12. The third kappa shape index (κ3) is 2.93. The molecule has 18 heavy (non-hydrogen) atoms. The van der Waals surface area contributed by atoms with Gasteiger partial charge in [0, 0.05) is 13.1 Å². The van der Waals surface area contributed by atoms with Crippen LogP contribution < -0.4 is 5.32 Å². The lowest BCUT2D eigenvalue weighted by atomic mass is 9.98. The summed E-state index contributed by atoms with van der Waals surface area (Å²) in [5.74, 6) is 0. The minimum absolute atomic E-state index is 1.06. The zero-order valence-electron chi connectivity index (χ0n) is 11.3. The van der Waals surface area contributed by atoms with Crippen LogP contribution in [0.1, 0.15) is 42.4 Å². The summed E-state index contributed by atoms with van der Waals surface area (Å²) in [4.78, 5) is 2.63. The second-order valence-electron chi connectivity index (χ2n) is 5.72. The Morgan fingerprint density at radius 1 is 1.00 bits per heavy atom. The lowest BCUT2D eigenvalue weighted by molar-refractivity contribution is 0.277.